The van der Waals surface area contributed by atoms with Gasteiger partial charge in [-0.15, -0.1) is 0 Å². The second-order valence-electron chi connectivity index (χ2n) is 3.54. The monoisotopic (exact) mass is 211 g/mol. The average molecular weight is 211 g/mol. The summed E-state index contributed by atoms with van der Waals surface area (Å²) in [6.07, 6.45) is 0. The van der Waals surface area contributed by atoms with Gasteiger partial charge in [-0.1, -0.05) is 13.8 Å². The lowest BCUT2D eigenvalue weighted by Gasteiger charge is -2.17. The Balaban J connectivity index is 2.34. The zero-order valence-corrected chi connectivity index (χ0v) is 9.80. The molecule has 0 aliphatic carbocycles. The number of aryl methyl sites for hydroxylation is 1. The van der Waals surface area contributed by atoms with Crippen molar-refractivity contribution in [3.05, 3.63) is 5.82 Å². The second-order valence-corrected chi connectivity index (χ2v) is 3.54. The average Bonchev–Trinajstić information content (AvgIpc) is 2.52. The largest absolute Gasteiger partial charge is 0.382 e. The van der Waals surface area contributed by atoms with Gasteiger partial charge in [-0.3, -0.25) is 0 Å². The molecule has 0 unspecified atom stereocenters. The number of hydrogen-bond acceptors (Lipinski definition) is 4. The molecule has 4 N–H and O–H groups in total. The van der Waals surface area contributed by atoms with Gasteiger partial charge in [0, 0.05) is 13.1 Å². The van der Waals surface area contributed by atoms with Crippen LogP contribution in [0.2, 0.25) is 0 Å². The van der Waals surface area contributed by atoms with E-state index in [0.29, 0.717) is 5.82 Å². The maximum Gasteiger partial charge on any atom is 0.168 e. The van der Waals surface area contributed by atoms with Gasteiger partial charge in [0.15, 0.2) is 5.82 Å². The SMILES string of the molecule is CCN(CC)CCNc1nc(C)[nH]c1N. The van der Waals surface area contributed by atoms with Crippen molar-refractivity contribution in [2.45, 2.75) is 20.8 Å². The highest BCUT2D eigenvalue weighted by atomic mass is 15.2. The van der Waals surface area contributed by atoms with Crippen LogP contribution in [0, 0.1) is 6.92 Å². The summed E-state index contributed by atoms with van der Waals surface area (Å²) in [4.78, 5) is 9.56. The van der Waals surface area contributed by atoms with Crippen LogP contribution in [0.25, 0.3) is 0 Å². The summed E-state index contributed by atoms with van der Waals surface area (Å²) in [5, 5.41) is 3.22. The van der Waals surface area contributed by atoms with E-state index in [-0.39, 0.29) is 0 Å². The van der Waals surface area contributed by atoms with E-state index in [1.807, 2.05) is 6.92 Å². The van der Waals surface area contributed by atoms with Gasteiger partial charge in [-0.05, 0) is 20.0 Å². The van der Waals surface area contributed by atoms with Crippen molar-refractivity contribution < 1.29 is 0 Å². The molecule has 0 spiro atoms. The molecule has 0 aliphatic rings. The van der Waals surface area contributed by atoms with Crippen LogP contribution in [0.1, 0.15) is 19.7 Å². The summed E-state index contributed by atoms with van der Waals surface area (Å²) in [6, 6.07) is 0. The highest BCUT2D eigenvalue weighted by Crippen LogP contribution is 2.12. The Kier molecular flexibility index (Phi) is 4.42. The Hall–Kier alpha value is -1.23. The molecule has 1 aromatic rings. The van der Waals surface area contributed by atoms with Crippen LogP contribution in [0.3, 0.4) is 0 Å². The fourth-order valence-electron chi connectivity index (χ4n) is 1.52. The zero-order valence-electron chi connectivity index (χ0n) is 9.80. The fraction of sp³-hybridized carbons (Fsp3) is 0.700. The lowest BCUT2D eigenvalue weighted by molar-refractivity contribution is 0.316. The number of rotatable bonds is 6. The van der Waals surface area contributed by atoms with Crippen molar-refractivity contribution in [1.82, 2.24) is 14.9 Å². The lowest BCUT2D eigenvalue weighted by Crippen LogP contribution is -2.28. The predicted molar refractivity (Wildman–Crippen MR) is 64.0 cm³/mol. The van der Waals surface area contributed by atoms with E-state index in [4.69, 9.17) is 5.73 Å². The van der Waals surface area contributed by atoms with E-state index in [1.165, 1.54) is 0 Å². The minimum Gasteiger partial charge on any atom is -0.382 e. The number of nitrogens with two attached hydrogens (primary N) is 1. The van der Waals surface area contributed by atoms with E-state index >= 15 is 0 Å². The molecule has 0 fully saturated rings. The van der Waals surface area contributed by atoms with Gasteiger partial charge >= 0.3 is 0 Å². The van der Waals surface area contributed by atoms with Crippen molar-refractivity contribution in [1.29, 1.82) is 0 Å². The van der Waals surface area contributed by atoms with Crippen LogP contribution in [0.4, 0.5) is 11.6 Å². The normalized spacial score (nSPS) is 10.9. The quantitative estimate of drug-likeness (QED) is 0.658. The van der Waals surface area contributed by atoms with Crippen LogP contribution in [0.5, 0.6) is 0 Å². The van der Waals surface area contributed by atoms with Crippen molar-refractivity contribution in [3.63, 3.8) is 0 Å². The van der Waals surface area contributed by atoms with Crippen LogP contribution >= 0.6 is 0 Å². The maximum atomic E-state index is 5.73. The van der Waals surface area contributed by atoms with Crippen molar-refractivity contribution >= 4 is 11.6 Å². The molecule has 1 aromatic heterocycles. The second kappa shape index (κ2) is 5.60. The Morgan fingerprint density at radius 1 is 1.40 bits per heavy atom. The first-order chi connectivity index (χ1) is 7.17. The molecule has 0 radical (unpaired) electrons. The van der Waals surface area contributed by atoms with Crippen molar-refractivity contribution in [2.75, 3.05) is 37.2 Å². The Morgan fingerprint density at radius 3 is 2.53 bits per heavy atom. The van der Waals surface area contributed by atoms with E-state index in [1.54, 1.807) is 0 Å². The molecule has 1 heterocycles. The molecule has 0 bridgehead atoms. The summed E-state index contributed by atoms with van der Waals surface area (Å²) in [5.41, 5.74) is 5.73. The van der Waals surface area contributed by atoms with Crippen LogP contribution in [-0.4, -0.2) is 41.0 Å². The number of aromatic nitrogens is 2. The number of H-pyrrole nitrogens is 1. The Morgan fingerprint density at radius 2 is 2.07 bits per heavy atom. The van der Waals surface area contributed by atoms with Gasteiger partial charge in [0.25, 0.3) is 0 Å². The minimum atomic E-state index is 0.618. The van der Waals surface area contributed by atoms with E-state index in [0.717, 1.165) is 37.8 Å². The van der Waals surface area contributed by atoms with Gasteiger partial charge < -0.3 is 20.9 Å². The number of aromatic amines is 1. The number of nitrogen functional groups attached to an aromatic ring is 1. The molecule has 0 amide bonds. The first-order valence-electron chi connectivity index (χ1n) is 5.45. The van der Waals surface area contributed by atoms with E-state index in [9.17, 15) is 0 Å². The topological polar surface area (TPSA) is 70.0 Å². The minimum absolute atomic E-state index is 0.618. The highest BCUT2D eigenvalue weighted by Gasteiger charge is 2.04. The molecule has 0 saturated heterocycles. The number of anilines is 2. The fourth-order valence-corrected chi connectivity index (χ4v) is 1.52. The predicted octanol–water partition coefficient (Wildman–Crippen LogP) is 1.05. The molecule has 0 aliphatic heterocycles. The van der Waals surface area contributed by atoms with Gasteiger partial charge in [0.2, 0.25) is 0 Å². The van der Waals surface area contributed by atoms with E-state index < -0.39 is 0 Å². The number of nitrogens with one attached hydrogen (secondary N) is 2. The molecule has 86 valence electrons. The zero-order chi connectivity index (χ0) is 11.3. The molecule has 1 rings (SSSR count). The van der Waals surface area contributed by atoms with Crippen molar-refractivity contribution in [3.8, 4) is 0 Å². The molecule has 0 aromatic carbocycles. The molecule has 0 saturated carbocycles. The molecule has 15 heavy (non-hydrogen) atoms. The summed E-state index contributed by atoms with van der Waals surface area (Å²) in [5.74, 6) is 2.23. The first kappa shape index (κ1) is 11.8. The summed E-state index contributed by atoms with van der Waals surface area (Å²) >= 11 is 0. The van der Waals surface area contributed by atoms with Crippen LogP contribution < -0.4 is 11.1 Å². The third-order valence-corrected chi connectivity index (χ3v) is 2.47. The summed E-state index contributed by atoms with van der Waals surface area (Å²) in [7, 11) is 0. The lowest BCUT2D eigenvalue weighted by atomic mass is 10.4. The molecular weight excluding hydrogens is 190 g/mol. The van der Waals surface area contributed by atoms with Gasteiger partial charge in [0.05, 0.1) is 0 Å². The molecule has 5 heteroatoms. The van der Waals surface area contributed by atoms with Crippen LogP contribution in [0.15, 0.2) is 0 Å². The molecule has 0 atom stereocenters. The summed E-state index contributed by atoms with van der Waals surface area (Å²) < 4.78 is 0. The summed E-state index contributed by atoms with van der Waals surface area (Å²) in [6.45, 7) is 10.3. The highest BCUT2D eigenvalue weighted by molar-refractivity contribution is 5.56. The number of imidazole rings is 1. The Labute approximate surface area is 91.1 Å². The first-order valence-corrected chi connectivity index (χ1v) is 5.45. The number of nitrogens with zero attached hydrogens (tertiary/aromatic N) is 2. The van der Waals surface area contributed by atoms with Gasteiger partial charge in [-0.2, -0.15) is 0 Å². The molecule has 5 nitrogen and oxygen atoms in total. The number of likely N-dealkylation sites (N-methyl/N-ethyl adjacent to an activating group) is 1. The number of hydrogen-bond donors (Lipinski definition) is 3. The smallest absolute Gasteiger partial charge is 0.168 e. The van der Waals surface area contributed by atoms with E-state index in [2.05, 4.69) is 34.0 Å². The third kappa shape index (κ3) is 3.43. The molecular formula is C10H21N5. The Bertz CT molecular complexity index is 290. The maximum absolute atomic E-state index is 5.73. The van der Waals surface area contributed by atoms with Crippen LogP contribution in [-0.2, 0) is 0 Å². The third-order valence-electron chi connectivity index (χ3n) is 2.47. The van der Waals surface area contributed by atoms with Crippen molar-refractivity contribution in [2.24, 2.45) is 0 Å². The standard InChI is InChI=1S/C10H21N5/c1-4-15(5-2)7-6-12-10-9(11)13-8(3)14-10/h12H,4-7,11H2,1-3H3,(H,13,14). The van der Waals surface area contributed by atoms with Gasteiger partial charge in [-0.25, -0.2) is 4.98 Å². The van der Waals surface area contributed by atoms with Gasteiger partial charge in [0.1, 0.15) is 11.6 Å².